The first-order valence-electron chi connectivity index (χ1n) is 4.31. The molecule has 3 nitrogen and oxygen atoms in total. The fraction of sp³-hybridized carbons (Fsp3) is 0.750. The van der Waals surface area contributed by atoms with Crippen LogP contribution in [0.2, 0.25) is 0 Å². The van der Waals surface area contributed by atoms with Crippen molar-refractivity contribution in [2.45, 2.75) is 24.7 Å². The van der Waals surface area contributed by atoms with Gasteiger partial charge in [0, 0.05) is 21.7 Å². The quantitative estimate of drug-likeness (QED) is 0.193. The summed E-state index contributed by atoms with van der Waals surface area (Å²) in [6.45, 7) is 0. The molecule has 0 aliphatic carbocycles. The molecule has 0 fully saturated rings. The fourth-order valence-corrected chi connectivity index (χ4v) is 2.03. The number of hydrogen-bond acceptors (Lipinski definition) is 3. The molecule has 0 aromatic rings. The summed E-state index contributed by atoms with van der Waals surface area (Å²) in [5, 5.41) is 0. The number of halogens is 6. The minimum Gasteiger partial charge on any atom is -0.384 e. The third-order valence-corrected chi connectivity index (χ3v) is 2.68. The largest absolute Gasteiger partial charge is 0.384 e. The van der Waals surface area contributed by atoms with Gasteiger partial charge in [-0.15, -0.1) is 0 Å². The average molecular weight is 482 g/mol. The Bertz CT molecular complexity index is 268. The predicted octanol–water partition coefficient (Wildman–Crippen LogP) is 2.98. The van der Waals surface area contributed by atoms with Crippen LogP contribution in [0.3, 0.4) is 0 Å². The third-order valence-electron chi connectivity index (χ3n) is 1.60. The molecule has 100 valence electrons. The second-order valence-electron chi connectivity index (χ2n) is 2.96. The predicted molar refractivity (Wildman–Crippen MR) is 68.0 cm³/mol. The lowest BCUT2D eigenvalue weighted by molar-refractivity contribution is -0.192. The summed E-state index contributed by atoms with van der Waals surface area (Å²) >= 11 is 3.17. The lowest BCUT2D eigenvalue weighted by Gasteiger charge is -2.16. The first kappa shape index (κ1) is 17.3. The van der Waals surface area contributed by atoms with E-state index in [-0.39, 0.29) is 8.86 Å². The van der Waals surface area contributed by atoms with Gasteiger partial charge >= 0.3 is 23.8 Å². The Kier molecular flexibility index (Phi) is 7.18. The van der Waals surface area contributed by atoms with Gasteiger partial charge in [-0.05, 0) is 0 Å². The van der Waals surface area contributed by atoms with E-state index in [1.807, 2.05) is 0 Å². The Morgan fingerprint density at radius 2 is 1.18 bits per heavy atom. The molecule has 0 atom stereocenters. The van der Waals surface area contributed by atoms with Crippen LogP contribution in [0.15, 0.2) is 0 Å². The Hall–Kier alpha value is 0.320. The molecule has 0 aromatic heterocycles. The van der Waals surface area contributed by atoms with Crippen molar-refractivity contribution in [3.63, 3.8) is 0 Å². The van der Waals surface area contributed by atoms with Gasteiger partial charge in [-0.3, -0.25) is 0 Å². The molecule has 0 rings (SSSR count). The normalized spacial score (nSPS) is 12.4. The molecular weight excluding hydrogens is 474 g/mol. The highest BCUT2D eigenvalue weighted by molar-refractivity contribution is 14.1. The van der Waals surface area contributed by atoms with E-state index in [1.165, 1.54) is 0 Å². The van der Waals surface area contributed by atoms with E-state index in [0.29, 0.717) is 0 Å². The van der Waals surface area contributed by atoms with Crippen molar-refractivity contribution >= 4 is 57.1 Å². The summed E-state index contributed by atoms with van der Waals surface area (Å²) in [6, 6.07) is 0. The molecule has 0 bridgehead atoms. The maximum atomic E-state index is 12.9. The van der Waals surface area contributed by atoms with Crippen LogP contribution < -0.4 is 0 Å². The van der Waals surface area contributed by atoms with Crippen LogP contribution in [0.5, 0.6) is 0 Å². The highest BCUT2D eigenvalue weighted by Crippen LogP contribution is 2.25. The van der Waals surface area contributed by atoms with Crippen molar-refractivity contribution < 1.29 is 31.9 Å². The Labute approximate surface area is 122 Å². The molecule has 0 aliphatic rings. The van der Waals surface area contributed by atoms with E-state index in [9.17, 15) is 27.2 Å². The first-order valence-corrected chi connectivity index (χ1v) is 7.37. The van der Waals surface area contributed by atoms with Gasteiger partial charge in [-0.25, -0.2) is 9.59 Å². The van der Waals surface area contributed by atoms with Crippen LogP contribution in [0.25, 0.3) is 0 Å². The topological polar surface area (TPSA) is 43.4 Å². The van der Waals surface area contributed by atoms with Crippen LogP contribution in [-0.2, 0) is 14.3 Å². The highest BCUT2D eigenvalue weighted by Gasteiger charge is 2.47. The zero-order valence-corrected chi connectivity index (χ0v) is 12.6. The van der Waals surface area contributed by atoms with E-state index < -0.39 is 36.6 Å². The molecule has 0 radical (unpaired) electrons. The summed E-state index contributed by atoms with van der Waals surface area (Å²) < 4.78 is 54.9. The monoisotopic (exact) mass is 482 g/mol. The Morgan fingerprint density at radius 1 is 0.882 bits per heavy atom. The van der Waals surface area contributed by atoms with Gasteiger partial charge in [-0.1, -0.05) is 45.2 Å². The molecule has 0 aromatic carbocycles. The van der Waals surface area contributed by atoms with Crippen molar-refractivity contribution in [3.05, 3.63) is 0 Å². The number of alkyl halides is 6. The number of rotatable bonds is 6. The SMILES string of the molecule is O=C(OC(=O)C(F)(F)CCI)C(F)(F)CCI. The molecule has 0 heterocycles. The second kappa shape index (κ2) is 7.04. The van der Waals surface area contributed by atoms with Gasteiger partial charge in [0.1, 0.15) is 0 Å². The van der Waals surface area contributed by atoms with Crippen LogP contribution in [0.4, 0.5) is 17.6 Å². The molecular formula is C8H8F4I2O3. The molecule has 0 N–H and O–H groups in total. The second-order valence-corrected chi connectivity index (χ2v) is 5.12. The zero-order valence-electron chi connectivity index (χ0n) is 8.32. The van der Waals surface area contributed by atoms with Crippen molar-refractivity contribution in [2.24, 2.45) is 0 Å². The minimum absolute atomic E-state index is 0.0712. The van der Waals surface area contributed by atoms with Crippen LogP contribution in [0, 0.1) is 0 Å². The number of esters is 2. The van der Waals surface area contributed by atoms with E-state index >= 15 is 0 Å². The molecule has 17 heavy (non-hydrogen) atoms. The summed E-state index contributed by atoms with van der Waals surface area (Å²) in [6.07, 6.45) is -1.73. The van der Waals surface area contributed by atoms with Gasteiger partial charge < -0.3 is 4.74 Å². The van der Waals surface area contributed by atoms with Gasteiger partial charge in [0.05, 0.1) is 0 Å². The van der Waals surface area contributed by atoms with E-state index in [4.69, 9.17) is 0 Å². The van der Waals surface area contributed by atoms with Crippen molar-refractivity contribution in [3.8, 4) is 0 Å². The molecule has 0 unspecified atom stereocenters. The number of ether oxygens (including phenoxy) is 1. The number of hydrogen-bond donors (Lipinski definition) is 0. The average Bonchev–Trinajstić information content (AvgIpc) is 2.17. The summed E-state index contributed by atoms with van der Waals surface area (Å²) in [4.78, 5) is 21.6. The van der Waals surface area contributed by atoms with Crippen LogP contribution in [-0.4, -0.2) is 32.6 Å². The molecule has 0 saturated heterocycles. The van der Waals surface area contributed by atoms with Crippen LogP contribution in [0.1, 0.15) is 12.8 Å². The van der Waals surface area contributed by atoms with Gasteiger partial charge in [-0.2, -0.15) is 17.6 Å². The van der Waals surface area contributed by atoms with Crippen molar-refractivity contribution in [1.29, 1.82) is 0 Å². The zero-order chi connectivity index (χ0) is 13.7. The van der Waals surface area contributed by atoms with Gasteiger partial charge in [0.25, 0.3) is 0 Å². The van der Waals surface area contributed by atoms with Crippen molar-refractivity contribution in [2.75, 3.05) is 8.86 Å². The van der Waals surface area contributed by atoms with Gasteiger partial charge in [0.2, 0.25) is 0 Å². The van der Waals surface area contributed by atoms with E-state index in [1.54, 1.807) is 45.2 Å². The lowest BCUT2D eigenvalue weighted by Crippen LogP contribution is -2.39. The summed E-state index contributed by atoms with van der Waals surface area (Å²) in [7, 11) is 0. The minimum atomic E-state index is -3.92. The van der Waals surface area contributed by atoms with E-state index in [2.05, 4.69) is 4.74 Å². The molecule has 0 saturated carbocycles. The Morgan fingerprint density at radius 3 is 1.41 bits per heavy atom. The maximum absolute atomic E-state index is 12.9. The number of carbonyl (C=O) groups is 2. The molecule has 0 aliphatic heterocycles. The number of carbonyl (C=O) groups excluding carboxylic acids is 2. The van der Waals surface area contributed by atoms with Crippen molar-refractivity contribution in [1.82, 2.24) is 0 Å². The smallest absolute Gasteiger partial charge is 0.384 e. The fourth-order valence-electron chi connectivity index (χ4n) is 0.675. The lowest BCUT2D eigenvalue weighted by atomic mass is 10.2. The summed E-state index contributed by atoms with van der Waals surface area (Å²) in [5.74, 6) is -12.3. The van der Waals surface area contributed by atoms with Crippen LogP contribution >= 0.6 is 45.2 Å². The summed E-state index contributed by atoms with van der Waals surface area (Å²) in [5.41, 5.74) is 0. The molecule has 9 heteroatoms. The standard InChI is InChI=1S/C8H8F4I2O3/c9-7(10,1-3-13)5(15)17-6(16)8(11,12)2-4-14/h1-4H2. The highest BCUT2D eigenvalue weighted by atomic mass is 127. The first-order chi connectivity index (χ1) is 7.67. The third kappa shape index (κ3) is 5.66. The Balaban J connectivity index is 4.54. The maximum Gasteiger partial charge on any atom is 0.384 e. The van der Waals surface area contributed by atoms with Gasteiger partial charge in [0.15, 0.2) is 0 Å². The molecule has 0 spiro atoms. The molecule has 0 amide bonds. The van der Waals surface area contributed by atoms with E-state index in [0.717, 1.165) is 0 Å².